The van der Waals surface area contributed by atoms with E-state index in [0.717, 1.165) is 44.3 Å². The van der Waals surface area contributed by atoms with Crippen LogP contribution in [0.1, 0.15) is 31.9 Å². The summed E-state index contributed by atoms with van der Waals surface area (Å²) in [6, 6.07) is 1.85. The van der Waals surface area contributed by atoms with Crippen LogP contribution in [0.5, 0.6) is 0 Å². The molecule has 0 saturated carbocycles. The highest BCUT2D eigenvalue weighted by Crippen LogP contribution is 2.24. The number of rotatable bonds is 9. The Bertz CT molecular complexity index is 474. The summed E-state index contributed by atoms with van der Waals surface area (Å²) in [4.78, 5) is 4.19. The molecule has 1 aromatic rings. The minimum atomic E-state index is 0.547. The molecule has 0 fully saturated rings. The van der Waals surface area contributed by atoms with Gasteiger partial charge in [-0.3, -0.25) is 4.99 Å². The molecule has 0 saturated heterocycles. The smallest absolute Gasteiger partial charge is 0.191 e. The summed E-state index contributed by atoms with van der Waals surface area (Å²) >= 11 is 12.0. The average molecular weight is 349 g/mol. The van der Waals surface area contributed by atoms with Gasteiger partial charge in [-0.15, -0.1) is 0 Å². The summed E-state index contributed by atoms with van der Waals surface area (Å²) in [7, 11) is 3.63. The van der Waals surface area contributed by atoms with Crippen molar-refractivity contribution in [3.8, 4) is 0 Å². The maximum atomic E-state index is 6.05. The van der Waals surface area contributed by atoms with Gasteiger partial charge in [-0.2, -0.15) is 0 Å². The monoisotopic (exact) mass is 348 g/mol. The summed E-state index contributed by atoms with van der Waals surface area (Å²) in [6.45, 7) is 5.20. The lowest BCUT2D eigenvalue weighted by Gasteiger charge is -2.12. The maximum absolute atomic E-state index is 6.05. The predicted octanol–water partition coefficient (Wildman–Crippen LogP) is 3.20. The largest absolute Gasteiger partial charge is 0.381 e. The first-order chi connectivity index (χ1) is 10.6. The van der Waals surface area contributed by atoms with Crippen molar-refractivity contribution in [2.75, 3.05) is 26.8 Å². The van der Waals surface area contributed by atoms with Crippen molar-refractivity contribution >= 4 is 29.2 Å². The molecular formula is C15H26Cl2N4O. The fourth-order valence-corrected chi connectivity index (χ4v) is 2.30. The van der Waals surface area contributed by atoms with Gasteiger partial charge in [0, 0.05) is 39.5 Å². The number of nitrogens with one attached hydrogen (secondary N) is 2. The lowest BCUT2D eigenvalue weighted by molar-refractivity contribution is 0.129. The van der Waals surface area contributed by atoms with Crippen LogP contribution in [0.4, 0.5) is 0 Å². The molecule has 0 aliphatic carbocycles. The van der Waals surface area contributed by atoms with E-state index in [-0.39, 0.29) is 0 Å². The van der Waals surface area contributed by atoms with Crippen LogP contribution in [0, 0.1) is 0 Å². The summed E-state index contributed by atoms with van der Waals surface area (Å²) in [5.41, 5.74) is 1.00. The summed E-state index contributed by atoms with van der Waals surface area (Å²) in [5, 5.41) is 7.60. The lowest BCUT2D eigenvalue weighted by atomic mass is 10.4. The van der Waals surface area contributed by atoms with Gasteiger partial charge in [-0.25, -0.2) is 0 Å². The summed E-state index contributed by atoms with van der Waals surface area (Å²) < 4.78 is 7.37. The SMILES string of the molecule is CCCCOCCCNC(=NC)NCc1cc(Cl)c(Cl)n1C. The third-order valence-electron chi connectivity index (χ3n) is 3.28. The molecule has 5 nitrogen and oxygen atoms in total. The molecule has 0 spiro atoms. The van der Waals surface area contributed by atoms with Gasteiger partial charge < -0.3 is 19.9 Å². The van der Waals surface area contributed by atoms with E-state index in [1.807, 2.05) is 17.7 Å². The summed E-state index contributed by atoms with van der Waals surface area (Å²) in [6.07, 6.45) is 3.24. The number of aliphatic imine (C=N–C) groups is 1. The highest BCUT2D eigenvalue weighted by Gasteiger charge is 2.09. The second-order valence-electron chi connectivity index (χ2n) is 5.01. The van der Waals surface area contributed by atoms with E-state index in [1.54, 1.807) is 7.05 Å². The Morgan fingerprint density at radius 1 is 1.27 bits per heavy atom. The van der Waals surface area contributed by atoms with E-state index in [2.05, 4.69) is 22.5 Å². The lowest BCUT2D eigenvalue weighted by Crippen LogP contribution is -2.37. The van der Waals surface area contributed by atoms with E-state index in [9.17, 15) is 0 Å². The Balaban J connectivity index is 2.24. The van der Waals surface area contributed by atoms with Gasteiger partial charge in [0.05, 0.1) is 11.6 Å². The van der Waals surface area contributed by atoms with Crippen molar-refractivity contribution < 1.29 is 4.74 Å². The number of unbranched alkanes of at least 4 members (excludes halogenated alkanes) is 1. The van der Waals surface area contributed by atoms with Crippen LogP contribution in [-0.4, -0.2) is 37.3 Å². The Hall–Kier alpha value is -0.910. The van der Waals surface area contributed by atoms with Gasteiger partial charge in [0.1, 0.15) is 5.15 Å². The molecule has 0 amide bonds. The van der Waals surface area contributed by atoms with Crippen LogP contribution in [0.3, 0.4) is 0 Å². The zero-order valence-corrected chi connectivity index (χ0v) is 15.1. The number of halogens is 2. The standard InChI is InChI=1S/C15H26Cl2N4O/c1-4-5-8-22-9-6-7-19-15(18-2)20-11-12-10-13(16)14(17)21(12)3/h10H,4-9,11H2,1-3H3,(H2,18,19,20). The average Bonchev–Trinajstić information content (AvgIpc) is 2.76. The number of ether oxygens (including phenoxy) is 1. The molecular weight excluding hydrogens is 323 g/mol. The Morgan fingerprint density at radius 3 is 2.59 bits per heavy atom. The zero-order chi connectivity index (χ0) is 16.4. The quantitative estimate of drug-likeness (QED) is 0.409. The van der Waals surface area contributed by atoms with E-state index in [1.165, 1.54) is 6.42 Å². The van der Waals surface area contributed by atoms with Crippen LogP contribution < -0.4 is 10.6 Å². The minimum absolute atomic E-state index is 0.547. The highest BCUT2D eigenvalue weighted by atomic mass is 35.5. The molecule has 2 N–H and O–H groups in total. The van der Waals surface area contributed by atoms with E-state index in [0.29, 0.717) is 16.7 Å². The molecule has 7 heteroatoms. The molecule has 1 aromatic heterocycles. The first-order valence-corrected chi connectivity index (χ1v) is 8.37. The van der Waals surface area contributed by atoms with Gasteiger partial charge >= 0.3 is 0 Å². The second-order valence-corrected chi connectivity index (χ2v) is 5.77. The molecule has 0 atom stereocenters. The molecule has 126 valence electrons. The zero-order valence-electron chi connectivity index (χ0n) is 13.6. The van der Waals surface area contributed by atoms with Gasteiger partial charge in [0.25, 0.3) is 0 Å². The van der Waals surface area contributed by atoms with Crippen molar-refractivity contribution in [3.63, 3.8) is 0 Å². The molecule has 1 rings (SSSR count). The molecule has 0 aliphatic rings. The van der Waals surface area contributed by atoms with Crippen LogP contribution in [0.2, 0.25) is 10.2 Å². The third kappa shape index (κ3) is 6.46. The number of hydrogen-bond donors (Lipinski definition) is 2. The molecule has 1 heterocycles. The topological polar surface area (TPSA) is 50.6 Å². The number of guanidine groups is 1. The van der Waals surface area contributed by atoms with Crippen LogP contribution in [0.15, 0.2) is 11.1 Å². The molecule has 0 bridgehead atoms. The predicted molar refractivity (Wildman–Crippen MR) is 94.0 cm³/mol. The van der Waals surface area contributed by atoms with Crippen molar-refractivity contribution in [1.82, 2.24) is 15.2 Å². The fraction of sp³-hybridized carbons (Fsp3) is 0.667. The molecule has 0 radical (unpaired) electrons. The summed E-state index contributed by atoms with van der Waals surface area (Å²) in [5.74, 6) is 0.752. The molecule has 0 unspecified atom stereocenters. The molecule has 0 aromatic carbocycles. The van der Waals surface area contributed by atoms with Crippen LogP contribution >= 0.6 is 23.2 Å². The third-order valence-corrected chi connectivity index (χ3v) is 4.12. The highest BCUT2D eigenvalue weighted by molar-refractivity contribution is 6.41. The van der Waals surface area contributed by atoms with Crippen molar-refractivity contribution in [2.24, 2.45) is 12.0 Å². The van der Waals surface area contributed by atoms with Crippen LogP contribution in [0.25, 0.3) is 0 Å². The number of aromatic nitrogens is 1. The van der Waals surface area contributed by atoms with E-state index in [4.69, 9.17) is 27.9 Å². The van der Waals surface area contributed by atoms with Crippen LogP contribution in [-0.2, 0) is 18.3 Å². The Labute approximate surface area is 143 Å². The Kier molecular flexibility index (Phi) is 9.36. The van der Waals surface area contributed by atoms with E-state index < -0.39 is 0 Å². The van der Waals surface area contributed by atoms with Crippen molar-refractivity contribution in [3.05, 3.63) is 21.9 Å². The normalized spacial score (nSPS) is 11.8. The molecule has 22 heavy (non-hydrogen) atoms. The van der Waals surface area contributed by atoms with Gasteiger partial charge in [0.15, 0.2) is 5.96 Å². The van der Waals surface area contributed by atoms with Crippen molar-refractivity contribution in [2.45, 2.75) is 32.7 Å². The maximum Gasteiger partial charge on any atom is 0.191 e. The number of hydrogen-bond acceptors (Lipinski definition) is 2. The Morgan fingerprint density at radius 2 is 2.00 bits per heavy atom. The van der Waals surface area contributed by atoms with Gasteiger partial charge in [0.2, 0.25) is 0 Å². The first-order valence-electron chi connectivity index (χ1n) is 7.62. The van der Waals surface area contributed by atoms with Gasteiger partial charge in [-0.05, 0) is 18.9 Å². The van der Waals surface area contributed by atoms with Gasteiger partial charge in [-0.1, -0.05) is 36.5 Å². The second kappa shape index (κ2) is 10.8. The molecule has 0 aliphatic heterocycles. The minimum Gasteiger partial charge on any atom is -0.381 e. The van der Waals surface area contributed by atoms with Crippen molar-refractivity contribution in [1.29, 1.82) is 0 Å². The number of nitrogens with zero attached hydrogens (tertiary/aromatic N) is 2. The fourth-order valence-electron chi connectivity index (χ4n) is 1.88. The van der Waals surface area contributed by atoms with E-state index >= 15 is 0 Å². The first kappa shape index (κ1) is 19.1.